The van der Waals surface area contributed by atoms with E-state index in [2.05, 4.69) is 26.3 Å². The lowest BCUT2D eigenvalue weighted by Crippen LogP contribution is -2.27. The van der Waals surface area contributed by atoms with E-state index in [9.17, 15) is 9.59 Å². The molecule has 1 saturated heterocycles. The van der Waals surface area contributed by atoms with Gasteiger partial charge in [-0.25, -0.2) is 4.98 Å². The number of aromatic nitrogens is 3. The van der Waals surface area contributed by atoms with E-state index < -0.39 is 11.3 Å². The van der Waals surface area contributed by atoms with E-state index in [1.54, 1.807) is 19.2 Å². The Morgan fingerprint density at radius 1 is 1.13 bits per heavy atom. The number of anilines is 3. The number of nitrogens with two attached hydrogens (primary N) is 2. The maximum absolute atomic E-state index is 13.0. The van der Waals surface area contributed by atoms with Crippen molar-refractivity contribution in [2.24, 2.45) is 5.73 Å². The Labute approximate surface area is 226 Å². The fourth-order valence-corrected chi connectivity index (χ4v) is 4.73. The Kier molecular flexibility index (Phi) is 8.13. The summed E-state index contributed by atoms with van der Waals surface area (Å²) in [4.78, 5) is 36.5. The van der Waals surface area contributed by atoms with E-state index in [-0.39, 0.29) is 40.8 Å². The van der Waals surface area contributed by atoms with Crippen LogP contribution in [-0.2, 0) is 6.42 Å². The standard InChI is InChI=1S/C27H29N7O3.ClH/c1-37-21-15-17(11-14-33-12-5-6-13-33)9-10-20(21)31-27-30-16-19-23(35)22(25(29)36)24(28)34(26(19)32-27)18-7-3-2-4-8-18;/h2-4,7-10,15-16H,5-6,11-14,28H2,1H3,(H2,29,36)(H,30,31,32);1H. The van der Waals surface area contributed by atoms with Crippen LogP contribution in [0, 0.1) is 0 Å². The number of nitrogens with zero attached hydrogens (tertiary/aromatic N) is 4. The summed E-state index contributed by atoms with van der Waals surface area (Å²) >= 11 is 0. The van der Waals surface area contributed by atoms with Gasteiger partial charge in [0.25, 0.3) is 5.91 Å². The van der Waals surface area contributed by atoms with Crippen LogP contribution < -0.4 is 26.9 Å². The Bertz CT molecular complexity index is 1520. The van der Waals surface area contributed by atoms with Gasteiger partial charge in [0.15, 0.2) is 5.65 Å². The lowest BCUT2D eigenvalue weighted by molar-refractivity contribution is 0.1000. The molecule has 1 aliphatic rings. The fourth-order valence-electron chi connectivity index (χ4n) is 4.73. The maximum Gasteiger partial charge on any atom is 0.256 e. The monoisotopic (exact) mass is 535 g/mol. The highest BCUT2D eigenvalue weighted by Gasteiger charge is 2.22. The molecule has 1 amide bonds. The van der Waals surface area contributed by atoms with Crippen LogP contribution >= 0.6 is 12.4 Å². The van der Waals surface area contributed by atoms with Crippen molar-refractivity contribution in [1.29, 1.82) is 0 Å². The second-order valence-corrected chi connectivity index (χ2v) is 9.01. The van der Waals surface area contributed by atoms with E-state index in [1.807, 2.05) is 30.3 Å². The number of hydrogen-bond acceptors (Lipinski definition) is 8. The number of benzene rings is 2. The van der Waals surface area contributed by atoms with Gasteiger partial charge in [-0.05, 0) is 62.2 Å². The lowest BCUT2D eigenvalue weighted by Gasteiger charge is -2.17. The highest BCUT2D eigenvalue weighted by molar-refractivity contribution is 6.01. The SMILES string of the molecule is COc1cc(CCN2CCCC2)ccc1Nc1ncc2c(=O)c(C(N)=O)c(N)n(-c3ccccc3)c2n1.Cl. The van der Waals surface area contributed by atoms with Crippen molar-refractivity contribution in [3.8, 4) is 11.4 Å². The molecule has 0 bridgehead atoms. The molecule has 0 spiro atoms. The third-order valence-corrected chi connectivity index (χ3v) is 6.64. The van der Waals surface area contributed by atoms with E-state index in [4.69, 9.17) is 16.2 Å². The smallest absolute Gasteiger partial charge is 0.256 e. The molecule has 5 rings (SSSR count). The zero-order chi connectivity index (χ0) is 25.9. The van der Waals surface area contributed by atoms with E-state index >= 15 is 0 Å². The summed E-state index contributed by atoms with van der Waals surface area (Å²) in [5.41, 5.74) is 13.6. The molecule has 11 heteroatoms. The largest absolute Gasteiger partial charge is 0.495 e. The van der Waals surface area contributed by atoms with Gasteiger partial charge in [0.05, 0.1) is 18.2 Å². The highest BCUT2D eigenvalue weighted by atomic mass is 35.5. The van der Waals surface area contributed by atoms with E-state index in [0.717, 1.165) is 26.1 Å². The molecule has 38 heavy (non-hydrogen) atoms. The number of fused-ring (bicyclic) bond motifs is 1. The van der Waals surface area contributed by atoms with Crippen molar-refractivity contribution < 1.29 is 9.53 Å². The van der Waals surface area contributed by atoms with Crippen molar-refractivity contribution in [2.75, 3.05) is 37.8 Å². The molecule has 0 aliphatic carbocycles. The topological polar surface area (TPSA) is 141 Å². The molecule has 4 aromatic rings. The Balaban J connectivity index is 0.00000336. The molecular weight excluding hydrogens is 506 g/mol. The van der Waals surface area contributed by atoms with Crippen molar-refractivity contribution >= 4 is 46.8 Å². The Morgan fingerprint density at radius 2 is 1.87 bits per heavy atom. The molecule has 0 unspecified atom stereocenters. The number of nitrogen functional groups attached to an aromatic ring is 1. The normalized spacial score (nSPS) is 13.3. The Morgan fingerprint density at radius 3 is 2.55 bits per heavy atom. The predicted octanol–water partition coefficient (Wildman–Crippen LogP) is 3.27. The molecule has 2 aromatic carbocycles. The minimum atomic E-state index is -0.911. The zero-order valence-electron chi connectivity index (χ0n) is 21.0. The summed E-state index contributed by atoms with van der Waals surface area (Å²) in [7, 11) is 1.62. The number of primary amides is 1. The van der Waals surface area contributed by atoms with Crippen LogP contribution in [0.3, 0.4) is 0 Å². The number of para-hydroxylation sites is 1. The first kappa shape index (κ1) is 26.9. The summed E-state index contributed by atoms with van der Waals surface area (Å²) in [6.45, 7) is 3.35. The molecule has 0 atom stereocenters. The summed E-state index contributed by atoms with van der Waals surface area (Å²) in [5, 5.41) is 3.32. The second-order valence-electron chi connectivity index (χ2n) is 9.01. The number of methoxy groups -OCH3 is 1. The number of likely N-dealkylation sites (tertiary alicyclic amines) is 1. The number of nitrogens with one attached hydrogen (secondary N) is 1. The predicted molar refractivity (Wildman–Crippen MR) is 151 cm³/mol. The van der Waals surface area contributed by atoms with Crippen LogP contribution in [0.15, 0.2) is 59.5 Å². The summed E-state index contributed by atoms with van der Waals surface area (Å²) < 4.78 is 7.16. The van der Waals surface area contributed by atoms with Gasteiger partial charge in [-0.2, -0.15) is 4.98 Å². The van der Waals surface area contributed by atoms with Crippen LogP contribution in [0.2, 0.25) is 0 Å². The van der Waals surface area contributed by atoms with Crippen LogP contribution in [0.25, 0.3) is 16.7 Å². The minimum absolute atomic E-state index is 0. The van der Waals surface area contributed by atoms with Gasteiger partial charge in [-0.3, -0.25) is 14.2 Å². The molecule has 0 radical (unpaired) electrons. The number of hydrogen-bond donors (Lipinski definition) is 3. The molecule has 5 N–H and O–H groups in total. The highest BCUT2D eigenvalue weighted by Crippen LogP contribution is 2.29. The van der Waals surface area contributed by atoms with Crippen molar-refractivity contribution in [3.63, 3.8) is 0 Å². The number of pyridine rings is 1. The van der Waals surface area contributed by atoms with Gasteiger partial charge >= 0.3 is 0 Å². The zero-order valence-corrected chi connectivity index (χ0v) is 21.8. The van der Waals surface area contributed by atoms with Gasteiger partial charge in [0.2, 0.25) is 11.4 Å². The van der Waals surface area contributed by atoms with E-state index in [0.29, 0.717) is 17.1 Å². The van der Waals surface area contributed by atoms with Crippen LogP contribution in [0.5, 0.6) is 5.75 Å². The molecule has 10 nitrogen and oxygen atoms in total. The number of carbonyl (C=O) groups is 1. The van der Waals surface area contributed by atoms with Gasteiger partial charge < -0.3 is 26.4 Å². The van der Waals surface area contributed by atoms with Crippen molar-refractivity contribution in [3.05, 3.63) is 76.1 Å². The maximum atomic E-state index is 13.0. The fraction of sp³-hybridized carbons (Fsp3) is 0.259. The summed E-state index contributed by atoms with van der Waals surface area (Å²) in [5.74, 6) is -0.0933. The first-order valence-electron chi connectivity index (χ1n) is 12.2. The number of ether oxygens (including phenoxy) is 1. The molecular formula is C27H30ClN7O3. The molecule has 2 aromatic heterocycles. The first-order chi connectivity index (χ1) is 18.0. The van der Waals surface area contributed by atoms with Crippen LogP contribution in [0.1, 0.15) is 28.8 Å². The second kappa shape index (κ2) is 11.5. The minimum Gasteiger partial charge on any atom is -0.495 e. The average Bonchev–Trinajstić information content (AvgIpc) is 3.42. The first-order valence-corrected chi connectivity index (χ1v) is 12.2. The molecule has 1 fully saturated rings. The van der Waals surface area contributed by atoms with Crippen molar-refractivity contribution in [2.45, 2.75) is 19.3 Å². The van der Waals surface area contributed by atoms with Gasteiger partial charge in [0, 0.05) is 18.4 Å². The third-order valence-electron chi connectivity index (χ3n) is 6.64. The van der Waals surface area contributed by atoms with Gasteiger partial charge in [-0.15, -0.1) is 12.4 Å². The quantitative estimate of drug-likeness (QED) is 0.312. The lowest BCUT2D eigenvalue weighted by atomic mass is 10.1. The van der Waals surface area contributed by atoms with E-state index in [1.165, 1.54) is 29.2 Å². The Hall–Kier alpha value is -4.15. The molecule has 198 valence electrons. The number of rotatable bonds is 8. The number of carbonyl (C=O) groups excluding carboxylic acids is 1. The number of halogens is 1. The van der Waals surface area contributed by atoms with Gasteiger partial charge in [-0.1, -0.05) is 24.3 Å². The molecule has 3 heterocycles. The van der Waals surface area contributed by atoms with Crippen molar-refractivity contribution in [1.82, 2.24) is 19.4 Å². The number of amides is 1. The molecule has 1 aliphatic heterocycles. The summed E-state index contributed by atoms with van der Waals surface area (Å²) in [6.07, 6.45) is 4.85. The van der Waals surface area contributed by atoms with Crippen LogP contribution in [0.4, 0.5) is 17.5 Å². The van der Waals surface area contributed by atoms with Crippen LogP contribution in [-0.4, -0.2) is 52.1 Å². The molecule has 0 saturated carbocycles. The summed E-state index contributed by atoms with van der Waals surface area (Å²) in [6, 6.07) is 15.1. The average molecular weight is 536 g/mol. The van der Waals surface area contributed by atoms with Gasteiger partial charge in [0.1, 0.15) is 17.1 Å². The third kappa shape index (κ3) is 5.27.